The van der Waals surface area contributed by atoms with Gasteiger partial charge in [0.2, 0.25) is 0 Å². The molecule has 2 rings (SSSR count). The Kier molecular flexibility index (Phi) is 4.12. The third-order valence-electron chi connectivity index (χ3n) is 2.82. The molecule has 0 aliphatic heterocycles. The molecule has 0 radical (unpaired) electrons. The van der Waals surface area contributed by atoms with Crippen molar-refractivity contribution < 1.29 is 12.8 Å². The molecule has 1 aromatic heterocycles. The average molecular weight is 314 g/mol. The van der Waals surface area contributed by atoms with Gasteiger partial charge in [0.25, 0.3) is 10.0 Å². The number of nitrogens with two attached hydrogens (primary N) is 1. The third kappa shape index (κ3) is 3.00. The lowest BCUT2D eigenvalue weighted by Gasteiger charge is -2.07. The van der Waals surface area contributed by atoms with Gasteiger partial charge in [-0.3, -0.25) is 4.72 Å². The van der Waals surface area contributed by atoms with Gasteiger partial charge < -0.3 is 5.73 Å². The standard InChI is InChI=1S/C13H15FN2O2S2/c1-8-3-4-11(10(14)5-8)16-20(17,18)13-6-9(2)12(7-15)19-13/h3-6,16H,7,15H2,1-2H3. The number of thiophene rings is 1. The largest absolute Gasteiger partial charge is 0.326 e. The molecule has 7 heteroatoms. The van der Waals surface area contributed by atoms with Gasteiger partial charge in [-0.2, -0.15) is 0 Å². The Hall–Kier alpha value is -1.44. The molecule has 0 saturated heterocycles. The number of aryl methyl sites for hydroxylation is 2. The van der Waals surface area contributed by atoms with Crippen LogP contribution in [0.1, 0.15) is 16.0 Å². The predicted octanol–water partition coefficient (Wildman–Crippen LogP) is 2.76. The van der Waals surface area contributed by atoms with Crippen molar-refractivity contribution in [3.8, 4) is 0 Å². The summed E-state index contributed by atoms with van der Waals surface area (Å²) in [5.41, 5.74) is 7.02. The van der Waals surface area contributed by atoms with Gasteiger partial charge >= 0.3 is 0 Å². The monoisotopic (exact) mass is 314 g/mol. The molecule has 2 aromatic rings. The maximum atomic E-state index is 13.7. The Bertz CT molecular complexity index is 739. The van der Waals surface area contributed by atoms with Crippen LogP contribution in [0.15, 0.2) is 28.5 Å². The fraction of sp³-hybridized carbons (Fsp3) is 0.231. The highest BCUT2D eigenvalue weighted by Crippen LogP contribution is 2.28. The van der Waals surface area contributed by atoms with Crippen molar-refractivity contribution in [2.45, 2.75) is 24.6 Å². The Labute approximate surface area is 121 Å². The summed E-state index contributed by atoms with van der Waals surface area (Å²) in [7, 11) is -3.79. The Balaban J connectivity index is 2.35. The van der Waals surface area contributed by atoms with Crippen molar-refractivity contribution in [1.82, 2.24) is 0 Å². The molecule has 0 aliphatic rings. The van der Waals surface area contributed by atoms with Gasteiger partial charge in [-0.15, -0.1) is 11.3 Å². The van der Waals surface area contributed by atoms with E-state index in [9.17, 15) is 12.8 Å². The molecule has 0 bridgehead atoms. The van der Waals surface area contributed by atoms with Gasteiger partial charge in [-0.05, 0) is 43.2 Å². The van der Waals surface area contributed by atoms with Crippen molar-refractivity contribution in [3.05, 3.63) is 46.1 Å². The minimum atomic E-state index is -3.79. The first-order chi connectivity index (χ1) is 9.33. The molecule has 0 saturated carbocycles. The highest BCUT2D eigenvalue weighted by atomic mass is 32.2. The van der Waals surface area contributed by atoms with Gasteiger partial charge in [-0.1, -0.05) is 6.07 Å². The number of rotatable bonds is 4. The molecule has 0 amide bonds. The summed E-state index contributed by atoms with van der Waals surface area (Å²) in [4.78, 5) is 0.801. The van der Waals surface area contributed by atoms with Crippen LogP contribution < -0.4 is 10.5 Å². The highest BCUT2D eigenvalue weighted by molar-refractivity contribution is 7.94. The van der Waals surface area contributed by atoms with Crippen LogP contribution in [-0.2, 0) is 16.6 Å². The molecule has 20 heavy (non-hydrogen) atoms. The normalized spacial score (nSPS) is 11.6. The minimum absolute atomic E-state index is 0.0593. The Morgan fingerprint density at radius 2 is 2.00 bits per heavy atom. The lowest BCUT2D eigenvalue weighted by atomic mass is 10.2. The van der Waals surface area contributed by atoms with Gasteiger partial charge in [0.15, 0.2) is 0 Å². The van der Waals surface area contributed by atoms with Crippen LogP contribution in [-0.4, -0.2) is 8.42 Å². The summed E-state index contributed by atoms with van der Waals surface area (Å²) in [5, 5.41) is 0. The molecule has 0 unspecified atom stereocenters. The van der Waals surface area contributed by atoms with E-state index in [-0.39, 0.29) is 16.4 Å². The van der Waals surface area contributed by atoms with E-state index in [2.05, 4.69) is 4.72 Å². The number of hydrogen-bond acceptors (Lipinski definition) is 4. The maximum absolute atomic E-state index is 13.7. The minimum Gasteiger partial charge on any atom is -0.326 e. The van der Waals surface area contributed by atoms with E-state index in [4.69, 9.17) is 5.73 Å². The molecular formula is C13H15FN2O2S2. The molecule has 4 nitrogen and oxygen atoms in total. The molecule has 3 N–H and O–H groups in total. The van der Waals surface area contributed by atoms with E-state index in [0.717, 1.165) is 27.3 Å². The molecule has 1 heterocycles. The topological polar surface area (TPSA) is 72.2 Å². The van der Waals surface area contributed by atoms with Crippen molar-refractivity contribution in [2.24, 2.45) is 5.73 Å². The summed E-state index contributed by atoms with van der Waals surface area (Å²) in [5.74, 6) is -0.596. The highest BCUT2D eigenvalue weighted by Gasteiger charge is 2.20. The summed E-state index contributed by atoms with van der Waals surface area (Å²) in [6.45, 7) is 3.81. The maximum Gasteiger partial charge on any atom is 0.271 e. The van der Waals surface area contributed by atoms with Crippen LogP contribution in [0.25, 0.3) is 0 Å². The molecule has 108 valence electrons. The third-order valence-corrected chi connectivity index (χ3v) is 5.92. The van der Waals surface area contributed by atoms with E-state index < -0.39 is 15.8 Å². The van der Waals surface area contributed by atoms with E-state index in [1.165, 1.54) is 12.1 Å². The van der Waals surface area contributed by atoms with Crippen molar-refractivity contribution in [1.29, 1.82) is 0 Å². The second kappa shape index (κ2) is 5.51. The summed E-state index contributed by atoms with van der Waals surface area (Å²) >= 11 is 1.10. The first-order valence-corrected chi connectivity index (χ1v) is 8.22. The molecule has 0 aliphatic carbocycles. The lowest BCUT2D eigenvalue weighted by Crippen LogP contribution is -2.12. The van der Waals surface area contributed by atoms with Crippen LogP contribution >= 0.6 is 11.3 Å². The van der Waals surface area contributed by atoms with Crippen LogP contribution in [0.4, 0.5) is 10.1 Å². The zero-order chi connectivity index (χ0) is 14.9. The van der Waals surface area contributed by atoms with Crippen molar-refractivity contribution in [3.63, 3.8) is 0 Å². The number of nitrogens with one attached hydrogen (secondary N) is 1. The Morgan fingerprint density at radius 3 is 2.55 bits per heavy atom. The smallest absolute Gasteiger partial charge is 0.271 e. The fourth-order valence-electron chi connectivity index (χ4n) is 1.72. The van der Waals surface area contributed by atoms with Crippen molar-refractivity contribution in [2.75, 3.05) is 4.72 Å². The molecule has 0 spiro atoms. The predicted molar refractivity (Wildman–Crippen MR) is 78.9 cm³/mol. The average Bonchev–Trinajstić information content (AvgIpc) is 2.75. The van der Waals surface area contributed by atoms with Crippen LogP contribution in [0.5, 0.6) is 0 Å². The SMILES string of the molecule is Cc1ccc(NS(=O)(=O)c2cc(C)c(CN)s2)c(F)c1. The first-order valence-electron chi connectivity index (χ1n) is 5.92. The number of sulfonamides is 1. The second-order valence-electron chi connectivity index (χ2n) is 4.46. The summed E-state index contributed by atoms with van der Waals surface area (Å²) in [6.07, 6.45) is 0. The quantitative estimate of drug-likeness (QED) is 0.911. The number of anilines is 1. The summed E-state index contributed by atoms with van der Waals surface area (Å²) in [6, 6.07) is 5.88. The number of halogens is 1. The van der Waals surface area contributed by atoms with Crippen LogP contribution in [0.2, 0.25) is 0 Å². The zero-order valence-corrected chi connectivity index (χ0v) is 12.7. The van der Waals surface area contributed by atoms with E-state index >= 15 is 0 Å². The van der Waals surface area contributed by atoms with Gasteiger partial charge in [0.05, 0.1) is 5.69 Å². The van der Waals surface area contributed by atoms with Crippen LogP contribution in [0.3, 0.4) is 0 Å². The fourth-order valence-corrected chi connectivity index (χ4v) is 4.26. The van der Waals surface area contributed by atoms with E-state index in [0.29, 0.717) is 0 Å². The van der Waals surface area contributed by atoms with Gasteiger partial charge in [0, 0.05) is 11.4 Å². The molecular weight excluding hydrogens is 299 g/mol. The second-order valence-corrected chi connectivity index (χ2v) is 7.51. The number of hydrogen-bond donors (Lipinski definition) is 2. The Morgan fingerprint density at radius 1 is 1.30 bits per heavy atom. The lowest BCUT2D eigenvalue weighted by molar-refractivity contribution is 0.600. The van der Waals surface area contributed by atoms with E-state index in [1.807, 2.05) is 0 Å². The molecule has 0 atom stereocenters. The van der Waals surface area contributed by atoms with Crippen molar-refractivity contribution >= 4 is 27.0 Å². The number of benzene rings is 1. The van der Waals surface area contributed by atoms with Crippen LogP contribution in [0, 0.1) is 19.7 Å². The summed E-state index contributed by atoms with van der Waals surface area (Å²) < 4.78 is 40.5. The van der Waals surface area contributed by atoms with Gasteiger partial charge in [0.1, 0.15) is 10.0 Å². The van der Waals surface area contributed by atoms with Gasteiger partial charge in [-0.25, -0.2) is 12.8 Å². The zero-order valence-electron chi connectivity index (χ0n) is 11.1. The molecule has 1 aromatic carbocycles. The molecule has 0 fully saturated rings. The van der Waals surface area contributed by atoms with E-state index in [1.54, 1.807) is 26.0 Å². The first kappa shape index (κ1) is 15.0.